The Balaban J connectivity index is 1.20. The summed E-state index contributed by atoms with van der Waals surface area (Å²) in [4.78, 5) is 11.1. The van der Waals surface area contributed by atoms with Crippen LogP contribution in [0.25, 0.3) is 72.5 Å². The fourth-order valence-electron chi connectivity index (χ4n) is 10.4. The zero-order valence-corrected chi connectivity index (χ0v) is 33.9. The molecule has 0 spiro atoms. The van der Waals surface area contributed by atoms with Gasteiger partial charge in [0.05, 0.1) is 22.4 Å². The van der Waals surface area contributed by atoms with Crippen LogP contribution in [0, 0.1) is 0 Å². The van der Waals surface area contributed by atoms with Crippen molar-refractivity contribution in [3.05, 3.63) is 211 Å². The molecule has 278 valence electrons. The smallest absolute Gasteiger partial charge is 0.185 e. The highest BCUT2D eigenvalue weighted by Crippen LogP contribution is 2.51. The zero-order valence-electron chi connectivity index (χ0n) is 32.9. The molecule has 3 heterocycles. The Labute approximate surface area is 345 Å². The Morgan fingerprint density at radius 1 is 0.441 bits per heavy atom. The van der Waals surface area contributed by atoms with E-state index in [0.29, 0.717) is 0 Å². The maximum Gasteiger partial charge on any atom is 0.185 e. The van der Waals surface area contributed by atoms with Crippen LogP contribution >= 0.6 is 0 Å². The first kappa shape index (κ1) is 33.9. The normalized spacial score (nSPS) is 14.2. The van der Waals surface area contributed by atoms with Gasteiger partial charge in [0.15, 0.2) is 13.9 Å². The van der Waals surface area contributed by atoms with Crippen LogP contribution < -0.4 is 20.7 Å². The molecule has 12 rings (SSSR count). The van der Waals surface area contributed by atoms with Crippen molar-refractivity contribution in [2.24, 2.45) is 0 Å². The fraction of sp³-hybridized carbons (Fsp3) is 0.0545. The maximum atomic E-state index is 5.58. The van der Waals surface area contributed by atoms with E-state index < -0.39 is 8.07 Å². The lowest BCUT2D eigenvalue weighted by Gasteiger charge is -2.32. The standard InChI is InChI=1S/C55H39N3Si/c1-55(2)46-29-17-15-27-41(46)44-34-45-42-28-16-18-30-48(42)58(49(45)35-47(44)55)38-31-32-43-50(33-38)59(39-23-11-5-12-24-39,40-25-13-6-14-26-40)53-51(36-19-7-3-8-20-36)56-54(57-52(43)53)37-21-9-4-10-22-37/h3-35H,1-2H3. The molecule has 0 fully saturated rings. The summed E-state index contributed by atoms with van der Waals surface area (Å²) in [5.74, 6) is 0.740. The number of hydrogen-bond donors (Lipinski definition) is 0. The predicted octanol–water partition coefficient (Wildman–Crippen LogP) is 10.6. The molecule has 1 aliphatic carbocycles. The SMILES string of the molecule is CC1(C)c2ccccc2-c2cc3c4ccccc4n(-c4ccc5c(c4)[Si](c4ccccc4)(c4ccccc4)c4c(-c6ccccc6)nc(-c6ccccc6)nc4-5)c3cc21. The average Bonchev–Trinajstić information content (AvgIpc) is 3.87. The summed E-state index contributed by atoms with van der Waals surface area (Å²) in [6, 6.07) is 73.6. The van der Waals surface area contributed by atoms with Gasteiger partial charge in [-0.1, -0.05) is 184 Å². The lowest BCUT2D eigenvalue weighted by atomic mass is 9.82. The molecule has 2 aliphatic rings. The maximum absolute atomic E-state index is 5.58. The zero-order chi connectivity index (χ0) is 39.3. The van der Waals surface area contributed by atoms with Crippen molar-refractivity contribution in [3.63, 3.8) is 0 Å². The van der Waals surface area contributed by atoms with Crippen LogP contribution in [0.1, 0.15) is 25.0 Å². The van der Waals surface area contributed by atoms with Crippen molar-refractivity contribution in [2.45, 2.75) is 19.3 Å². The van der Waals surface area contributed by atoms with E-state index in [4.69, 9.17) is 9.97 Å². The second kappa shape index (κ2) is 12.7. The molecule has 0 bridgehead atoms. The number of rotatable bonds is 5. The summed E-state index contributed by atoms with van der Waals surface area (Å²) < 4.78 is 2.52. The summed E-state index contributed by atoms with van der Waals surface area (Å²) in [5, 5.41) is 7.74. The lowest BCUT2D eigenvalue weighted by molar-refractivity contribution is 0.661. The number of fused-ring (bicyclic) bond motifs is 9. The van der Waals surface area contributed by atoms with Crippen LogP contribution in [-0.4, -0.2) is 22.6 Å². The van der Waals surface area contributed by atoms with Gasteiger partial charge in [-0.3, -0.25) is 0 Å². The van der Waals surface area contributed by atoms with Crippen molar-refractivity contribution in [1.29, 1.82) is 0 Å². The number of hydrogen-bond acceptors (Lipinski definition) is 2. The molecule has 0 saturated carbocycles. The third-order valence-electron chi connectivity index (χ3n) is 13.1. The lowest BCUT2D eigenvalue weighted by Crippen LogP contribution is -2.73. The van der Waals surface area contributed by atoms with E-state index in [1.807, 2.05) is 0 Å². The number of benzene rings is 8. The molecular formula is C55H39N3Si. The molecular weight excluding hydrogens is 731 g/mol. The van der Waals surface area contributed by atoms with Gasteiger partial charge in [0.2, 0.25) is 0 Å². The van der Waals surface area contributed by atoms with Crippen LogP contribution in [-0.2, 0) is 5.41 Å². The molecule has 2 aromatic heterocycles. The van der Waals surface area contributed by atoms with Gasteiger partial charge in [-0.25, -0.2) is 9.97 Å². The topological polar surface area (TPSA) is 30.7 Å². The van der Waals surface area contributed by atoms with Gasteiger partial charge in [0.1, 0.15) is 0 Å². The van der Waals surface area contributed by atoms with E-state index >= 15 is 0 Å². The van der Waals surface area contributed by atoms with E-state index in [1.54, 1.807) is 0 Å². The Kier molecular flexibility index (Phi) is 7.29. The molecule has 0 radical (unpaired) electrons. The molecule has 0 saturated heterocycles. The Bertz CT molecular complexity index is 3240. The summed E-state index contributed by atoms with van der Waals surface area (Å²) >= 11 is 0. The minimum absolute atomic E-state index is 0.118. The Morgan fingerprint density at radius 3 is 1.75 bits per heavy atom. The van der Waals surface area contributed by atoms with Gasteiger partial charge in [-0.15, -0.1) is 0 Å². The molecule has 8 aromatic carbocycles. The quantitative estimate of drug-likeness (QED) is 0.163. The highest BCUT2D eigenvalue weighted by atomic mass is 28.3. The highest BCUT2D eigenvalue weighted by molar-refractivity contribution is 7.22. The van der Waals surface area contributed by atoms with E-state index in [9.17, 15) is 0 Å². The van der Waals surface area contributed by atoms with Crippen LogP contribution in [0.4, 0.5) is 0 Å². The third-order valence-corrected chi connectivity index (χ3v) is 17.9. The molecule has 4 heteroatoms. The summed E-state index contributed by atoms with van der Waals surface area (Å²) in [7, 11) is -3.08. The van der Waals surface area contributed by atoms with Gasteiger partial charge in [-0.05, 0) is 68.1 Å². The van der Waals surface area contributed by atoms with E-state index in [2.05, 4.69) is 219 Å². The summed E-state index contributed by atoms with van der Waals surface area (Å²) in [5.41, 5.74) is 14.2. The Morgan fingerprint density at radius 2 is 1.03 bits per heavy atom. The second-order valence-corrected chi connectivity index (χ2v) is 20.2. The Hall–Kier alpha value is -7.14. The first-order valence-electron chi connectivity index (χ1n) is 20.5. The van der Waals surface area contributed by atoms with E-state index in [0.717, 1.165) is 34.0 Å². The first-order valence-corrected chi connectivity index (χ1v) is 22.5. The van der Waals surface area contributed by atoms with Crippen LogP contribution in [0.5, 0.6) is 0 Å². The number of nitrogens with zero attached hydrogens (tertiary/aromatic N) is 3. The molecule has 3 nitrogen and oxygen atoms in total. The van der Waals surface area contributed by atoms with Crippen LogP contribution in [0.15, 0.2) is 200 Å². The van der Waals surface area contributed by atoms with Gasteiger partial charge in [-0.2, -0.15) is 0 Å². The summed E-state index contributed by atoms with van der Waals surface area (Å²) in [6.45, 7) is 4.75. The van der Waals surface area contributed by atoms with Crippen molar-refractivity contribution in [2.75, 3.05) is 0 Å². The van der Waals surface area contributed by atoms with Gasteiger partial charge < -0.3 is 4.57 Å². The highest BCUT2D eigenvalue weighted by Gasteiger charge is 2.52. The first-order chi connectivity index (χ1) is 29.0. The third kappa shape index (κ3) is 4.75. The predicted molar refractivity (Wildman–Crippen MR) is 247 cm³/mol. The van der Waals surface area contributed by atoms with Crippen molar-refractivity contribution < 1.29 is 0 Å². The van der Waals surface area contributed by atoms with Crippen LogP contribution in [0.3, 0.4) is 0 Å². The fourth-order valence-corrected chi connectivity index (χ4v) is 15.7. The molecule has 0 atom stereocenters. The summed E-state index contributed by atoms with van der Waals surface area (Å²) in [6.07, 6.45) is 0. The molecule has 0 unspecified atom stereocenters. The second-order valence-electron chi connectivity index (χ2n) is 16.5. The van der Waals surface area contributed by atoms with Crippen LogP contribution in [0.2, 0.25) is 0 Å². The molecule has 0 amide bonds. The van der Waals surface area contributed by atoms with Gasteiger partial charge in [0, 0.05) is 43.8 Å². The minimum atomic E-state index is -3.08. The van der Waals surface area contributed by atoms with Crippen molar-refractivity contribution in [3.8, 4) is 50.7 Å². The molecule has 0 N–H and O–H groups in total. The number of para-hydroxylation sites is 1. The average molecular weight is 770 g/mol. The minimum Gasteiger partial charge on any atom is -0.309 e. The molecule has 1 aliphatic heterocycles. The molecule has 59 heavy (non-hydrogen) atoms. The van der Waals surface area contributed by atoms with Gasteiger partial charge >= 0.3 is 0 Å². The largest absolute Gasteiger partial charge is 0.309 e. The van der Waals surface area contributed by atoms with Gasteiger partial charge in [0.25, 0.3) is 0 Å². The van der Waals surface area contributed by atoms with Crippen molar-refractivity contribution in [1.82, 2.24) is 14.5 Å². The number of aromatic nitrogens is 3. The monoisotopic (exact) mass is 769 g/mol. The van der Waals surface area contributed by atoms with E-state index in [1.165, 1.54) is 70.4 Å². The van der Waals surface area contributed by atoms with Crippen molar-refractivity contribution >= 4 is 50.6 Å². The molecule has 10 aromatic rings. The van der Waals surface area contributed by atoms with E-state index in [-0.39, 0.29) is 5.41 Å².